The smallest absolute Gasteiger partial charge is 0.198 e. The summed E-state index contributed by atoms with van der Waals surface area (Å²) in [6, 6.07) is 22.6. The maximum atomic E-state index is 13.1. The highest BCUT2D eigenvalue weighted by molar-refractivity contribution is 6.03. The zero-order valence-corrected chi connectivity index (χ0v) is 16.3. The second kappa shape index (κ2) is 8.37. The number of hydrogen-bond acceptors (Lipinski definition) is 5. The van der Waals surface area contributed by atoms with E-state index in [-0.39, 0.29) is 11.9 Å². The summed E-state index contributed by atoms with van der Waals surface area (Å²) in [4.78, 5) is 13.1. The fourth-order valence-corrected chi connectivity index (χ4v) is 3.29. The molecule has 0 N–H and O–H groups in total. The monoisotopic (exact) mass is 390 g/mol. The maximum absolute atomic E-state index is 13.1. The molecule has 3 aromatic rings. The molecule has 0 radical (unpaired) electrons. The van der Waals surface area contributed by atoms with Gasteiger partial charge in [0.1, 0.15) is 30.0 Å². The Morgan fingerprint density at radius 1 is 0.897 bits per heavy atom. The van der Waals surface area contributed by atoms with Crippen molar-refractivity contribution in [3.63, 3.8) is 0 Å². The molecule has 0 unspecified atom stereocenters. The fraction of sp³-hybridized carbons (Fsp3) is 0.208. The Kier molecular flexibility index (Phi) is 5.49. The number of methoxy groups -OCH3 is 2. The first-order chi connectivity index (χ1) is 14.2. The van der Waals surface area contributed by atoms with Gasteiger partial charge in [0, 0.05) is 5.56 Å². The third kappa shape index (κ3) is 4.10. The van der Waals surface area contributed by atoms with E-state index in [1.54, 1.807) is 26.4 Å². The summed E-state index contributed by atoms with van der Waals surface area (Å²) in [6.45, 7) is 0.393. The van der Waals surface area contributed by atoms with Crippen LogP contribution in [0.15, 0.2) is 72.8 Å². The molecule has 0 saturated carbocycles. The lowest BCUT2D eigenvalue weighted by Crippen LogP contribution is -2.11. The lowest BCUT2D eigenvalue weighted by molar-refractivity contribution is 0.0949. The van der Waals surface area contributed by atoms with Crippen molar-refractivity contribution < 1.29 is 23.7 Å². The van der Waals surface area contributed by atoms with Crippen LogP contribution in [0.1, 0.15) is 27.6 Å². The number of carbonyl (C=O) groups is 1. The van der Waals surface area contributed by atoms with Crippen LogP contribution in [-0.4, -0.2) is 26.1 Å². The Morgan fingerprint density at radius 3 is 2.41 bits per heavy atom. The number of epoxide rings is 1. The standard InChI is InChI=1S/C24H22O5/c1-26-17-12-13-20(27-2)19(14-17)23-24(29-23)22(25)18-10-6-7-11-21(18)28-15-16-8-4-3-5-9-16/h3-14,23-24H,15H2,1-2H3/t23-,24+/m1/s1. The van der Waals surface area contributed by atoms with Crippen molar-refractivity contribution in [2.75, 3.05) is 14.2 Å². The Bertz CT molecular complexity index is 999. The molecule has 148 valence electrons. The minimum atomic E-state index is -0.572. The van der Waals surface area contributed by atoms with Crippen molar-refractivity contribution in [3.8, 4) is 17.2 Å². The van der Waals surface area contributed by atoms with Gasteiger partial charge in [0.2, 0.25) is 0 Å². The van der Waals surface area contributed by atoms with Crippen LogP contribution >= 0.6 is 0 Å². The van der Waals surface area contributed by atoms with Gasteiger partial charge in [0.05, 0.1) is 19.8 Å². The van der Waals surface area contributed by atoms with Crippen molar-refractivity contribution >= 4 is 5.78 Å². The van der Waals surface area contributed by atoms with Gasteiger partial charge in [-0.25, -0.2) is 0 Å². The summed E-state index contributed by atoms with van der Waals surface area (Å²) in [7, 11) is 3.19. The van der Waals surface area contributed by atoms with E-state index >= 15 is 0 Å². The zero-order valence-electron chi connectivity index (χ0n) is 16.3. The van der Waals surface area contributed by atoms with E-state index < -0.39 is 6.10 Å². The summed E-state index contributed by atoms with van der Waals surface area (Å²) in [5.74, 6) is 1.80. The highest BCUT2D eigenvalue weighted by Gasteiger charge is 2.48. The molecule has 1 saturated heterocycles. The number of ketones is 1. The van der Waals surface area contributed by atoms with Crippen LogP contribution in [0.3, 0.4) is 0 Å². The third-order valence-corrected chi connectivity index (χ3v) is 4.88. The van der Waals surface area contributed by atoms with Gasteiger partial charge < -0.3 is 18.9 Å². The highest BCUT2D eigenvalue weighted by Crippen LogP contribution is 2.46. The molecule has 1 heterocycles. The first-order valence-corrected chi connectivity index (χ1v) is 9.38. The largest absolute Gasteiger partial charge is 0.497 e. The first kappa shape index (κ1) is 19.0. The van der Waals surface area contributed by atoms with Gasteiger partial charge in [-0.05, 0) is 35.9 Å². The summed E-state index contributed by atoms with van der Waals surface area (Å²) < 4.78 is 22.4. The van der Waals surface area contributed by atoms with Gasteiger partial charge >= 0.3 is 0 Å². The first-order valence-electron chi connectivity index (χ1n) is 9.38. The average molecular weight is 390 g/mol. The summed E-state index contributed by atoms with van der Waals surface area (Å²) in [5, 5.41) is 0. The van der Waals surface area contributed by atoms with E-state index in [1.165, 1.54) is 0 Å². The topological polar surface area (TPSA) is 57.3 Å². The number of Topliss-reactive ketones (excluding diaryl/α,β-unsaturated/α-hetero) is 1. The Morgan fingerprint density at radius 2 is 1.66 bits per heavy atom. The van der Waals surface area contributed by atoms with Crippen LogP contribution in [0.5, 0.6) is 17.2 Å². The molecular weight excluding hydrogens is 368 g/mol. The molecule has 0 spiro atoms. The predicted molar refractivity (Wildman–Crippen MR) is 109 cm³/mol. The molecule has 4 rings (SSSR count). The molecule has 1 aliphatic heterocycles. The van der Waals surface area contributed by atoms with Gasteiger partial charge in [-0.15, -0.1) is 0 Å². The van der Waals surface area contributed by atoms with E-state index in [2.05, 4.69) is 0 Å². The van der Waals surface area contributed by atoms with Crippen LogP contribution in [0.25, 0.3) is 0 Å². The predicted octanol–water partition coefficient (Wildman–Crippen LogP) is 4.61. The lowest BCUT2D eigenvalue weighted by atomic mass is 10.0. The Labute approximate surface area is 169 Å². The van der Waals surface area contributed by atoms with Crippen LogP contribution in [-0.2, 0) is 11.3 Å². The number of hydrogen-bond donors (Lipinski definition) is 0. The second-order valence-electron chi connectivity index (χ2n) is 6.72. The molecular formula is C24H22O5. The minimum absolute atomic E-state index is 0.108. The van der Waals surface area contributed by atoms with Gasteiger partial charge in [0.25, 0.3) is 0 Å². The van der Waals surface area contributed by atoms with Crippen LogP contribution in [0.4, 0.5) is 0 Å². The number of carbonyl (C=O) groups excluding carboxylic acids is 1. The maximum Gasteiger partial charge on any atom is 0.198 e. The number of rotatable bonds is 8. The molecule has 0 amide bonds. The van der Waals surface area contributed by atoms with E-state index in [9.17, 15) is 4.79 Å². The molecule has 2 atom stereocenters. The molecule has 5 nitrogen and oxygen atoms in total. The fourth-order valence-electron chi connectivity index (χ4n) is 3.29. The quantitative estimate of drug-likeness (QED) is 0.415. The molecule has 3 aromatic carbocycles. The SMILES string of the molecule is COc1ccc(OC)c([C@H]2O[C@H]2C(=O)c2ccccc2OCc2ccccc2)c1. The van der Waals surface area contributed by atoms with Crippen molar-refractivity contribution in [3.05, 3.63) is 89.5 Å². The van der Waals surface area contributed by atoms with Crippen molar-refractivity contribution in [2.24, 2.45) is 0 Å². The zero-order chi connectivity index (χ0) is 20.2. The summed E-state index contributed by atoms with van der Waals surface area (Å²) in [5.41, 5.74) is 2.35. The van der Waals surface area contributed by atoms with Crippen LogP contribution in [0.2, 0.25) is 0 Å². The molecule has 0 bridgehead atoms. The van der Waals surface area contributed by atoms with Gasteiger partial charge in [-0.3, -0.25) is 4.79 Å². The average Bonchev–Trinajstić information content (AvgIpc) is 3.58. The third-order valence-electron chi connectivity index (χ3n) is 4.88. The summed E-state index contributed by atoms with van der Waals surface area (Å²) in [6.07, 6.45) is -0.938. The van der Waals surface area contributed by atoms with Crippen LogP contribution in [0, 0.1) is 0 Å². The van der Waals surface area contributed by atoms with E-state index in [4.69, 9.17) is 18.9 Å². The van der Waals surface area contributed by atoms with Gasteiger partial charge in [0.15, 0.2) is 11.9 Å². The highest BCUT2D eigenvalue weighted by atomic mass is 16.6. The Hall–Kier alpha value is -3.31. The molecule has 0 aromatic heterocycles. The normalized spacial score (nSPS) is 17.4. The van der Waals surface area contributed by atoms with E-state index in [0.29, 0.717) is 29.4 Å². The van der Waals surface area contributed by atoms with E-state index in [1.807, 2.05) is 60.7 Å². The summed E-state index contributed by atoms with van der Waals surface area (Å²) >= 11 is 0. The van der Waals surface area contributed by atoms with Crippen molar-refractivity contribution in [1.82, 2.24) is 0 Å². The molecule has 29 heavy (non-hydrogen) atoms. The van der Waals surface area contributed by atoms with Gasteiger partial charge in [-0.1, -0.05) is 42.5 Å². The number of benzene rings is 3. The van der Waals surface area contributed by atoms with Crippen LogP contribution < -0.4 is 14.2 Å². The second-order valence-corrected chi connectivity index (χ2v) is 6.72. The van der Waals surface area contributed by atoms with E-state index in [0.717, 1.165) is 11.1 Å². The molecule has 5 heteroatoms. The Balaban J connectivity index is 1.52. The minimum Gasteiger partial charge on any atom is -0.497 e. The molecule has 1 fully saturated rings. The van der Waals surface area contributed by atoms with Crippen molar-refractivity contribution in [1.29, 1.82) is 0 Å². The molecule has 0 aliphatic carbocycles. The van der Waals surface area contributed by atoms with Crippen molar-refractivity contribution in [2.45, 2.75) is 18.8 Å². The number of ether oxygens (including phenoxy) is 4. The number of para-hydroxylation sites is 1. The molecule has 1 aliphatic rings. The van der Waals surface area contributed by atoms with Gasteiger partial charge in [-0.2, -0.15) is 0 Å². The lowest BCUT2D eigenvalue weighted by Gasteiger charge is -2.11.